The summed E-state index contributed by atoms with van der Waals surface area (Å²) >= 11 is 12.6. The third-order valence-corrected chi connectivity index (χ3v) is 9.62. The Morgan fingerprint density at radius 1 is 0.976 bits per heavy atom. The van der Waals surface area contributed by atoms with Crippen LogP contribution in [0.3, 0.4) is 0 Å². The summed E-state index contributed by atoms with van der Waals surface area (Å²) in [4.78, 5) is 14.6. The fraction of sp³-hybridized carbons (Fsp3) is 0.419. The van der Waals surface area contributed by atoms with Crippen molar-refractivity contribution in [3.63, 3.8) is 0 Å². The average Bonchev–Trinajstić information content (AvgIpc) is 3.45. The van der Waals surface area contributed by atoms with Gasteiger partial charge in [0.15, 0.2) is 11.5 Å². The SMILES string of the molecule is C[C@]1(c2ccc(Cl)cn2)Oc2cccc(N3CCN(Cc4nc5c(Cl)cccc5n4C[C@@H]4CCO4)[C@@H]4CC[C@H]43)c2O1. The van der Waals surface area contributed by atoms with E-state index in [1.807, 2.05) is 43.3 Å². The van der Waals surface area contributed by atoms with Crippen molar-refractivity contribution in [2.75, 3.05) is 24.6 Å². The molecule has 10 heteroatoms. The third-order valence-electron chi connectivity index (χ3n) is 9.09. The second kappa shape index (κ2) is 9.76. The van der Waals surface area contributed by atoms with Crippen LogP contribution in [0.1, 0.15) is 37.7 Å². The number of piperazine rings is 1. The first-order valence-electron chi connectivity index (χ1n) is 14.4. The van der Waals surface area contributed by atoms with Gasteiger partial charge in [0.25, 0.3) is 5.79 Å². The number of hydrogen-bond acceptors (Lipinski definition) is 7. The molecule has 2 saturated heterocycles. The molecule has 4 aromatic rings. The predicted molar refractivity (Wildman–Crippen MR) is 158 cm³/mol. The van der Waals surface area contributed by atoms with Gasteiger partial charge in [-0.1, -0.05) is 35.3 Å². The number of aromatic nitrogens is 3. The highest BCUT2D eigenvalue weighted by molar-refractivity contribution is 6.34. The van der Waals surface area contributed by atoms with Gasteiger partial charge in [-0.15, -0.1) is 0 Å². The average molecular weight is 593 g/mol. The van der Waals surface area contributed by atoms with Crippen LogP contribution in [-0.4, -0.2) is 57.3 Å². The molecule has 8 rings (SSSR count). The van der Waals surface area contributed by atoms with Crippen molar-refractivity contribution in [2.24, 2.45) is 0 Å². The summed E-state index contributed by atoms with van der Waals surface area (Å²) in [5.74, 6) is 1.58. The van der Waals surface area contributed by atoms with Crippen LogP contribution in [0.5, 0.6) is 11.5 Å². The van der Waals surface area contributed by atoms with E-state index in [2.05, 4.69) is 31.5 Å². The summed E-state index contributed by atoms with van der Waals surface area (Å²) in [7, 11) is 0. The van der Waals surface area contributed by atoms with E-state index in [1.165, 1.54) is 0 Å². The summed E-state index contributed by atoms with van der Waals surface area (Å²) in [5.41, 5.74) is 3.73. The van der Waals surface area contributed by atoms with Gasteiger partial charge in [-0.05, 0) is 55.7 Å². The molecule has 0 bridgehead atoms. The van der Waals surface area contributed by atoms with E-state index < -0.39 is 5.79 Å². The lowest BCUT2D eigenvalue weighted by molar-refractivity contribution is -0.0717. The Morgan fingerprint density at radius 3 is 2.59 bits per heavy atom. The van der Waals surface area contributed by atoms with E-state index in [4.69, 9.17) is 42.4 Å². The molecule has 1 aliphatic carbocycles. The Bertz CT molecular complexity index is 1620. The summed E-state index contributed by atoms with van der Waals surface area (Å²) in [6, 6.07) is 16.7. The number of pyridine rings is 1. The first-order chi connectivity index (χ1) is 20.0. The van der Waals surface area contributed by atoms with Crippen molar-refractivity contribution < 1.29 is 14.2 Å². The number of halogens is 2. The second-order valence-electron chi connectivity index (χ2n) is 11.5. The monoisotopic (exact) mass is 591 g/mol. The molecule has 8 nitrogen and oxygen atoms in total. The quantitative estimate of drug-likeness (QED) is 0.271. The minimum absolute atomic E-state index is 0.245. The molecule has 2 aromatic carbocycles. The molecule has 4 atom stereocenters. The van der Waals surface area contributed by atoms with Crippen LogP contribution in [0.4, 0.5) is 5.69 Å². The number of anilines is 1. The molecule has 212 valence electrons. The Kier molecular flexibility index (Phi) is 6.11. The van der Waals surface area contributed by atoms with Gasteiger partial charge in [0.05, 0.1) is 40.4 Å². The molecule has 3 fully saturated rings. The highest BCUT2D eigenvalue weighted by Gasteiger charge is 2.47. The molecule has 2 aromatic heterocycles. The number of para-hydroxylation sites is 2. The van der Waals surface area contributed by atoms with Crippen molar-refractivity contribution in [3.05, 3.63) is 76.3 Å². The number of imidazole rings is 1. The van der Waals surface area contributed by atoms with Gasteiger partial charge < -0.3 is 23.7 Å². The zero-order chi connectivity index (χ0) is 27.7. The van der Waals surface area contributed by atoms with Crippen LogP contribution >= 0.6 is 23.2 Å². The number of benzene rings is 2. The number of rotatable bonds is 6. The lowest BCUT2D eigenvalue weighted by Crippen LogP contribution is -2.64. The van der Waals surface area contributed by atoms with Crippen LogP contribution in [0.15, 0.2) is 54.7 Å². The summed E-state index contributed by atoms with van der Waals surface area (Å²) < 4.78 is 21.0. The molecule has 41 heavy (non-hydrogen) atoms. The zero-order valence-electron chi connectivity index (χ0n) is 22.8. The van der Waals surface area contributed by atoms with Crippen LogP contribution in [0, 0.1) is 0 Å². The maximum atomic E-state index is 6.57. The molecular formula is C31H31Cl2N5O3. The van der Waals surface area contributed by atoms with Gasteiger partial charge in [-0.25, -0.2) is 4.98 Å². The van der Waals surface area contributed by atoms with Crippen molar-refractivity contribution >= 4 is 39.9 Å². The predicted octanol–water partition coefficient (Wildman–Crippen LogP) is 6.02. The van der Waals surface area contributed by atoms with E-state index in [1.54, 1.807) is 6.20 Å². The molecule has 5 heterocycles. The van der Waals surface area contributed by atoms with Crippen molar-refractivity contribution in [3.8, 4) is 11.5 Å². The molecular weight excluding hydrogens is 561 g/mol. The number of hydrogen-bond donors (Lipinski definition) is 0. The van der Waals surface area contributed by atoms with Crippen molar-refractivity contribution in [1.29, 1.82) is 0 Å². The standard InChI is InChI=1S/C31H31Cl2N5O3/c1-31(27-11-8-19(32)16-34-27)40-26-7-3-6-25(30(26)41-31)37-14-13-36(22-9-10-23(22)37)18-28-35-29-21(33)4-2-5-24(29)38(28)17-20-12-15-39-20/h2-8,11,16,20,22-23H,9-10,12-15,17-18H2,1H3/t20-,22+,23+,31-/m0/s1. The van der Waals surface area contributed by atoms with E-state index in [-0.39, 0.29) is 6.10 Å². The fourth-order valence-corrected chi connectivity index (χ4v) is 7.03. The van der Waals surface area contributed by atoms with Crippen LogP contribution in [0.2, 0.25) is 10.0 Å². The van der Waals surface area contributed by atoms with Crippen LogP contribution < -0.4 is 14.4 Å². The van der Waals surface area contributed by atoms with Crippen molar-refractivity contribution in [1.82, 2.24) is 19.4 Å². The zero-order valence-corrected chi connectivity index (χ0v) is 24.3. The highest BCUT2D eigenvalue weighted by atomic mass is 35.5. The second-order valence-corrected chi connectivity index (χ2v) is 12.4. The fourth-order valence-electron chi connectivity index (χ4n) is 6.70. The molecule has 4 aliphatic rings. The summed E-state index contributed by atoms with van der Waals surface area (Å²) in [6.07, 6.45) is 5.25. The number of nitrogens with zero attached hydrogens (tertiary/aromatic N) is 5. The summed E-state index contributed by atoms with van der Waals surface area (Å²) in [6.45, 7) is 6.17. The highest BCUT2D eigenvalue weighted by Crippen LogP contribution is 2.51. The van der Waals surface area contributed by atoms with E-state index in [0.29, 0.717) is 27.8 Å². The molecule has 1 saturated carbocycles. The van der Waals surface area contributed by atoms with E-state index in [0.717, 1.165) is 86.1 Å². The first kappa shape index (κ1) is 25.7. The Morgan fingerprint density at radius 2 is 1.83 bits per heavy atom. The van der Waals surface area contributed by atoms with E-state index >= 15 is 0 Å². The molecule has 0 unspecified atom stereocenters. The minimum atomic E-state index is -1.01. The summed E-state index contributed by atoms with van der Waals surface area (Å²) in [5, 5.41) is 1.28. The van der Waals surface area contributed by atoms with Gasteiger partial charge >= 0.3 is 0 Å². The number of ether oxygens (including phenoxy) is 3. The smallest absolute Gasteiger partial charge is 0.292 e. The van der Waals surface area contributed by atoms with E-state index in [9.17, 15) is 0 Å². The Hall–Kier alpha value is -3.04. The van der Waals surface area contributed by atoms with Crippen molar-refractivity contribution in [2.45, 2.75) is 63.3 Å². The van der Waals surface area contributed by atoms with Gasteiger partial charge in [0.1, 0.15) is 17.0 Å². The maximum absolute atomic E-state index is 6.57. The number of fused-ring (bicyclic) bond motifs is 3. The largest absolute Gasteiger partial charge is 0.443 e. The minimum Gasteiger partial charge on any atom is -0.443 e. The Labute approximate surface area is 248 Å². The third kappa shape index (κ3) is 4.26. The molecule has 0 amide bonds. The molecule has 0 N–H and O–H groups in total. The lowest BCUT2D eigenvalue weighted by Gasteiger charge is -2.54. The molecule has 0 spiro atoms. The first-order valence-corrected chi connectivity index (χ1v) is 15.1. The van der Waals surface area contributed by atoms with Gasteiger partial charge in [0.2, 0.25) is 0 Å². The normalized spacial score (nSPS) is 27.0. The van der Waals surface area contributed by atoms with Gasteiger partial charge in [-0.3, -0.25) is 9.88 Å². The lowest BCUT2D eigenvalue weighted by atomic mass is 9.81. The van der Waals surface area contributed by atoms with Crippen LogP contribution in [0.25, 0.3) is 11.0 Å². The topological polar surface area (TPSA) is 64.9 Å². The molecule has 0 radical (unpaired) electrons. The van der Waals surface area contributed by atoms with Gasteiger partial charge in [0, 0.05) is 44.9 Å². The Balaban J connectivity index is 1.04. The van der Waals surface area contributed by atoms with Gasteiger partial charge in [-0.2, -0.15) is 0 Å². The van der Waals surface area contributed by atoms with Crippen LogP contribution in [-0.2, 0) is 23.6 Å². The molecule has 3 aliphatic heterocycles. The maximum Gasteiger partial charge on any atom is 0.292 e.